The van der Waals surface area contributed by atoms with Gasteiger partial charge >= 0.3 is 0 Å². The molecule has 3 N–H and O–H groups in total. The number of nitrogens with two attached hydrogens (primary N) is 1. The number of hydrogen-bond acceptors (Lipinski definition) is 3. The van der Waals surface area contributed by atoms with E-state index in [1.165, 1.54) is 5.56 Å². The van der Waals surface area contributed by atoms with Gasteiger partial charge in [0.25, 0.3) is 0 Å². The molecule has 20 heavy (non-hydrogen) atoms. The maximum absolute atomic E-state index is 6.43. The lowest BCUT2D eigenvalue weighted by Gasteiger charge is -2.21. The molecule has 2 heterocycles. The molecular weight excluding hydrogens is 248 g/mol. The smallest absolute Gasteiger partial charge is 0.124 e. The van der Waals surface area contributed by atoms with Gasteiger partial charge in [-0.25, -0.2) is 4.98 Å². The minimum atomic E-state index is -0.144. The minimum absolute atomic E-state index is 0.144. The number of aromatic amines is 1. The van der Waals surface area contributed by atoms with Crippen LogP contribution >= 0.6 is 0 Å². The third kappa shape index (κ3) is 2.30. The van der Waals surface area contributed by atoms with Crippen molar-refractivity contribution in [2.45, 2.75) is 25.3 Å². The summed E-state index contributed by atoms with van der Waals surface area (Å²) in [6.45, 7) is 2.15. The number of para-hydroxylation sites is 2. The summed E-state index contributed by atoms with van der Waals surface area (Å²) in [5.74, 6) is 1.08. The molecule has 0 aliphatic rings. The van der Waals surface area contributed by atoms with E-state index in [2.05, 4.69) is 21.9 Å². The summed E-state index contributed by atoms with van der Waals surface area (Å²) in [4.78, 5) is 12.0. The predicted molar refractivity (Wildman–Crippen MR) is 80.3 cm³/mol. The van der Waals surface area contributed by atoms with E-state index in [1.54, 1.807) is 0 Å². The van der Waals surface area contributed by atoms with E-state index in [1.807, 2.05) is 48.8 Å². The average molecular weight is 266 g/mol. The van der Waals surface area contributed by atoms with E-state index in [-0.39, 0.29) is 12.0 Å². The number of nitrogens with one attached hydrogen (secondary N) is 1. The Hall–Kier alpha value is -2.20. The fraction of sp³-hybridized carbons (Fsp3) is 0.250. The monoisotopic (exact) mass is 266 g/mol. The zero-order valence-corrected chi connectivity index (χ0v) is 11.5. The van der Waals surface area contributed by atoms with Crippen LogP contribution in [-0.2, 0) is 0 Å². The van der Waals surface area contributed by atoms with Gasteiger partial charge in [-0.05, 0) is 36.2 Å². The topological polar surface area (TPSA) is 67.6 Å². The van der Waals surface area contributed by atoms with Gasteiger partial charge in [-0.3, -0.25) is 4.98 Å². The van der Waals surface area contributed by atoms with Crippen molar-refractivity contribution in [3.8, 4) is 0 Å². The number of imidazole rings is 1. The summed E-state index contributed by atoms with van der Waals surface area (Å²) in [5, 5.41) is 0. The van der Waals surface area contributed by atoms with Gasteiger partial charge in [0, 0.05) is 18.3 Å². The maximum Gasteiger partial charge on any atom is 0.124 e. The second-order valence-corrected chi connectivity index (χ2v) is 4.96. The molecule has 0 saturated heterocycles. The summed E-state index contributed by atoms with van der Waals surface area (Å²) in [5.41, 5.74) is 9.63. The first-order valence-electron chi connectivity index (χ1n) is 6.89. The molecule has 0 bridgehead atoms. The number of aromatic nitrogens is 3. The van der Waals surface area contributed by atoms with E-state index in [0.29, 0.717) is 0 Å². The molecule has 0 aliphatic carbocycles. The standard InChI is InChI=1S/C16H18N4/c1-2-12(11-7-9-18-10-8-11)15(17)16-19-13-5-3-4-6-14(13)20-16/h3-10,12,15H,2,17H2,1H3,(H,19,20). The van der Waals surface area contributed by atoms with E-state index >= 15 is 0 Å². The number of fused-ring (bicyclic) bond motifs is 1. The van der Waals surface area contributed by atoms with Crippen molar-refractivity contribution in [1.29, 1.82) is 0 Å². The van der Waals surface area contributed by atoms with Gasteiger partial charge < -0.3 is 10.7 Å². The molecule has 2 atom stereocenters. The van der Waals surface area contributed by atoms with Gasteiger partial charge in [0.15, 0.2) is 0 Å². The summed E-state index contributed by atoms with van der Waals surface area (Å²) >= 11 is 0. The lowest BCUT2D eigenvalue weighted by atomic mass is 9.90. The molecular formula is C16H18N4. The van der Waals surface area contributed by atoms with Crippen LogP contribution in [0.3, 0.4) is 0 Å². The third-order valence-electron chi connectivity index (χ3n) is 3.73. The summed E-state index contributed by atoms with van der Waals surface area (Å²) in [6, 6.07) is 11.9. The lowest BCUT2D eigenvalue weighted by Crippen LogP contribution is -2.20. The molecule has 2 unspecified atom stereocenters. The van der Waals surface area contributed by atoms with E-state index < -0.39 is 0 Å². The second-order valence-electron chi connectivity index (χ2n) is 4.96. The molecule has 3 aromatic rings. The maximum atomic E-state index is 6.43. The highest BCUT2D eigenvalue weighted by molar-refractivity contribution is 5.74. The zero-order valence-electron chi connectivity index (χ0n) is 11.5. The van der Waals surface area contributed by atoms with Gasteiger partial charge in [0.1, 0.15) is 5.82 Å². The number of rotatable bonds is 4. The Labute approximate surface area is 118 Å². The highest BCUT2D eigenvalue weighted by Gasteiger charge is 2.22. The lowest BCUT2D eigenvalue weighted by molar-refractivity contribution is 0.519. The van der Waals surface area contributed by atoms with Gasteiger partial charge in [0.2, 0.25) is 0 Å². The molecule has 102 valence electrons. The molecule has 4 heteroatoms. The van der Waals surface area contributed by atoms with Gasteiger partial charge in [-0.1, -0.05) is 19.1 Å². The number of hydrogen-bond donors (Lipinski definition) is 2. The molecule has 2 aromatic heterocycles. The first kappa shape index (κ1) is 12.8. The number of H-pyrrole nitrogens is 1. The average Bonchev–Trinajstić information content (AvgIpc) is 2.93. The van der Waals surface area contributed by atoms with Crippen LogP contribution < -0.4 is 5.73 Å². The largest absolute Gasteiger partial charge is 0.341 e. The molecule has 0 fully saturated rings. The molecule has 0 radical (unpaired) electrons. The first-order valence-corrected chi connectivity index (χ1v) is 6.89. The van der Waals surface area contributed by atoms with Crippen LogP contribution in [0, 0.1) is 0 Å². The van der Waals surface area contributed by atoms with E-state index in [4.69, 9.17) is 5.73 Å². The van der Waals surface area contributed by atoms with Crippen LogP contribution in [0.15, 0.2) is 48.8 Å². The van der Waals surface area contributed by atoms with Gasteiger partial charge in [-0.15, -0.1) is 0 Å². The fourth-order valence-electron chi connectivity index (χ4n) is 2.63. The van der Waals surface area contributed by atoms with Gasteiger partial charge in [0.05, 0.1) is 17.1 Å². The van der Waals surface area contributed by atoms with Gasteiger partial charge in [-0.2, -0.15) is 0 Å². The Morgan fingerprint density at radius 2 is 1.90 bits per heavy atom. The normalized spacial score (nSPS) is 14.3. The summed E-state index contributed by atoms with van der Waals surface area (Å²) < 4.78 is 0. The van der Waals surface area contributed by atoms with Crippen LogP contribution in [0.25, 0.3) is 11.0 Å². The van der Waals surface area contributed by atoms with Crippen LogP contribution in [0.2, 0.25) is 0 Å². The first-order chi connectivity index (χ1) is 9.79. The Kier molecular flexibility index (Phi) is 3.48. The Morgan fingerprint density at radius 1 is 1.15 bits per heavy atom. The molecule has 4 nitrogen and oxygen atoms in total. The Bertz CT molecular complexity index is 657. The molecule has 0 saturated carbocycles. The van der Waals surface area contributed by atoms with Crippen molar-refractivity contribution in [3.05, 3.63) is 60.2 Å². The SMILES string of the molecule is CCC(c1ccncc1)C(N)c1nc2ccccc2[nH]1. The zero-order chi connectivity index (χ0) is 13.9. The van der Waals surface area contributed by atoms with E-state index in [9.17, 15) is 0 Å². The molecule has 1 aromatic carbocycles. The predicted octanol–water partition coefficient (Wildman–Crippen LogP) is 3.15. The van der Waals surface area contributed by atoms with Crippen LogP contribution in [0.1, 0.15) is 36.7 Å². The third-order valence-corrected chi connectivity index (χ3v) is 3.73. The number of benzene rings is 1. The Balaban J connectivity index is 1.95. The molecule has 0 spiro atoms. The van der Waals surface area contributed by atoms with Crippen LogP contribution in [0.5, 0.6) is 0 Å². The van der Waals surface area contributed by atoms with Crippen molar-refractivity contribution in [3.63, 3.8) is 0 Å². The summed E-state index contributed by atoms with van der Waals surface area (Å²) in [7, 11) is 0. The second kappa shape index (κ2) is 5.43. The summed E-state index contributed by atoms with van der Waals surface area (Å²) in [6.07, 6.45) is 4.58. The van der Waals surface area contributed by atoms with Crippen molar-refractivity contribution >= 4 is 11.0 Å². The molecule has 0 amide bonds. The van der Waals surface area contributed by atoms with Crippen molar-refractivity contribution in [2.75, 3.05) is 0 Å². The van der Waals surface area contributed by atoms with Crippen LogP contribution in [0.4, 0.5) is 0 Å². The van der Waals surface area contributed by atoms with Crippen molar-refractivity contribution in [1.82, 2.24) is 15.0 Å². The highest BCUT2D eigenvalue weighted by Crippen LogP contribution is 2.31. The quantitative estimate of drug-likeness (QED) is 0.762. The van der Waals surface area contributed by atoms with E-state index in [0.717, 1.165) is 23.3 Å². The molecule has 0 aliphatic heterocycles. The highest BCUT2D eigenvalue weighted by atomic mass is 15.0. The van der Waals surface area contributed by atoms with Crippen molar-refractivity contribution in [2.24, 2.45) is 5.73 Å². The van der Waals surface area contributed by atoms with Crippen molar-refractivity contribution < 1.29 is 0 Å². The fourth-order valence-corrected chi connectivity index (χ4v) is 2.63. The number of nitrogens with zero attached hydrogens (tertiary/aromatic N) is 2. The Morgan fingerprint density at radius 3 is 2.60 bits per heavy atom. The molecule has 3 rings (SSSR count). The van der Waals surface area contributed by atoms with Crippen LogP contribution in [-0.4, -0.2) is 15.0 Å². The number of pyridine rings is 1. The minimum Gasteiger partial charge on any atom is -0.341 e.